The van der Waals surface area contributed by atoms with Gasteiger partial charge in [-0.25, -0.2) is 4.98 Å². The minimum Gasteiger partial charge on any atom is -0.497 e. The van der Waals surface area contributed by atoms with Crippen LogP contribution in [0.5, 0.6) is 17.2 Å². The Morgan fingerprint density at radius 1 is 0.839 bits per heavy atom. The summed E-state index contributed by atoms with van der Waals surface area (Å²) >= 11 is 0. The summed E-state index contributed by atoms with van der Waals surface area (Å²) in [6.07, 6.45) is 1.93. The van der Waals surface area contributed by atoms with Gasteiger partial charge in [-0.15, -0.1) is 0 Å². The first kappa shape index (κ1) is 20.8. The third-order valence-corrected chi connectivity index (χ3v) is 5.27. The van der Waals surface area contributed by atoms with E-state index < -0.39 is 0 Å². The van der Waals surface area contributed by atoms with E-state index >= 15 is 0 Å². The fourth-order valence-corrected chi connectivity index (χ4v) is 3.60. The molecule has 4 rings (SSSR count). The highest BCUT2D eigenvalue weighted by Crippen LogP contribution is 2.22. The number of rotatable bonds is 10. The Balaban J connectivity index is 1.38. The van der Waals surface area contributed by atoms with Crippen LogP contribution in [0.15, 0.2) is 72.8 Å². The molecule has 0 N–H and O–H groups in total. The van der Waals surface area contributed by atoms with Crippen LogP contribution >= 0.6 is 0 Å². The normalized spacial score (nSPS) is 10.9. The number of hydrogen-bond donors (Lipinski definition) is 0. The van der Waals surface area contributed by atoms with Gasteiger partial charge in [-0.05, 0) is 55.7 Å². The number of aryl methyl sites for hydroxylation is 2. The van der Waals surface area contributed by atoms with E-state index in [0.717, 1.165) is 59.1 Å². The number of imidazole rings is 1. The molecule has 0 unspecified atom stereocenters. The predicted molar refractivity (Wildman–Crippen MR) is 123 cm³/mol. The molecule has 0 saturated heterocycles. The Bertz CT molecular complexity index is 1140. The van der Waals surface area contributed by atoms with Gasteiger partial charge in [-0.2, -0.15) is 0 Å². The number of fused-ring (bicyclic) bond motifs is 1. The van der Waals surface area contributed by atoms with Crippen molar-refractivity contribution in [3.63, 3.8) is 0 Å². The number of benzene rings is 3. The monoisotopic (exact) mass is 416 g/mol. The third-order valence-electron chi connectivity index (χ3n) is 5.27. The Hall–Kier alpha value is -3.47. The molecule has 0 spiro atoms. The number of para-hydroxylation sites is 3. The molecule has 1 heterocycles. The largest absolute Gasteiger partial charge is 0.497 e. The second kappa shape index (κ2) is 10.0. The average Bonchev–Trinajstić information content (AvgIpc) is 3.16. The van der Waals surface area contributed by atoms with Gasteiger partial charge in [-0.1, -0.05) is 36.4 Å². The van der Waals surface area contributed by atoms with Gasteiger partial charge >= 0.3 is 0 Å². The highest BCUT2D eigenvalue weighted by molar-refractivity contribution is 5.75. The van der Waals surface area contributed by atoms with E-state index in [1.165, 1.54) is 0 Å². The Morgan fingerprint density at radius 2 is 1.65 bits per heavy atom. The maximum atomic E-state index is 6.08. The highest BCUT2D eigenvalue weighted by Gasteiger charge is 2.11. The van der Waals surface area contributed by atoms with Gasteiger partial charge in [0.05, 0.1) is 24.8 Å². The molecule has 5 heteroatoms. The molecule has 31 heavy (non-hydrogen) atoms. The van der Waals surface area contributed by atoms with Gasteiger partial charge in [-0.3, -0.25) is 0 Å². The van der Waals surface area contributed by atoms with Crippen LogP contribution in [0.3, 0.4) is 0 Å². The summed E-state index contributed by atoms with van der Waals surface area (Å²) in [6.45, 7) is 4.03. The first-order valence-electron chi connectivity index (χ1n) is 10.6. The molecule has 0 aliphatic carbocycles. The summed E-state index contributed by atoms with van der Waals surface area (Å²) < 4.78 is 19.5. The highest BCUT2D eigenvalue weighted by atomic mass is 16.5. The molecule has 1 aromatic heterocycles. The zero-order chi connectivity index (χ0) is 21.5. The number of unbranched alkanes of at least 4 members (excludes halogenated alkanes) is 1. The van der Waals surface area contributed by atoms with Crippen LogP contribution in [0.1, 0.15) is 24.2 Å². The van der Waals surface area contributed by atoms with E-state index in [-0.39, 0.29) is 0 Å². The van der Waals surface area contributed by atoms with Gasteiger partial charge in [0.1, 0.15) is 29.7 Å². The van der Waals surface area contributed by atoms with Gasteiger partial charge in [0.2, 0.25) is 0 Å². The summed E-state index contributed by atoms with van der Waals surface area (Å²) in [5, 5.41) is 0. The quantitative estimate of drug-likeness (QED) is 0.307. The number of hydrogen-bond acceptors (Lipinski definition) is 4. The van der Waals surface area contributed by atoms with Crippen LogP contribution in [-0.2, 0) is 13.2 Å². The first-order chi connectivity index (χ1) is 15.2. The topological polar surface area (TPSA) is 45.5 Å². The van der Waals surface area contributed by atoms with E-state index in [1.807, 2.05) is 48.5 Å². The molecule has 0 aliphatic heterocycles. The maximum Gasteiger partial charge on any atom is 0.147 e. The van der Waals surface area contributed by atoms with Gasteiger partial charge in [0.15, 0.2) is 0 Å². The summed E-state index contributed by atoms with van der Waals surface area (Å²) in [5.74, 6) is 3.48. The Labute approximate surface area is 183 Å². The lowest BCUT2D eigenvalue weighted by atomic mass is 10.2. The lowest BCUT2D eigenvalue weighted by molar-refractivity contribution is 0.283. The van der Waals surface area contributed by atoms with E-state index in [4.69, 9.17) is 19.2 Å². The second-order valence-corrected chi connectivity index (χ2v) is 7.46. The van der Waals surface area contributed by atoms with Crippen molar-refractivity contribution in [3.8, 4) is 17.2 Å². The molecule has 5 nitrogen and oxygen atoms in total. The van der Waals surface area contributed by atoms with Crippen molar-refractivity contribution in [3.05, 3.63) is 84.2 Å². The van der Waals surface area contributed by atoms with Gasteiger partial charge in [0, 0.05) is 12.6 Å². The summed E-state index contributed by atoms with van der Waals surface area (Å²) in [6, 6.07) is 24.0. The van der Waals surface area contributed by atoms with Crippen LogP contribution in [0.25, 0.3) is 11.0 Å². The van der Waals surface area contributed by atoms with Crippen LogP contribution in [0.4, 0.5) is 0 Å². The zero-order valence-electron chi connectivity index (χ0n) is 18.1. The molecule has 0 amide bonds. The predicted octanol–water partition coefficient (Wildman–Crippen LogP) is 5.79. The summed E-state index contributed by atoms with van der Waals surface area (Å²) in [4.78, 5) is 4.82. The third kappa shape index (κ3) is 5.18. The molecule has 0 bridgehead atoms. The number of methoxy groups -OCH3 is 1. The molecular weight excluding hydrogens is 388 g/mol. The van der Waals surface area contributed by atoms with E-state index in [9.17, 15) is 0 Å². The molecule has 0 fully saturated rings. The lowest BCUT2D eigenvalue weighted by Gasteiger charge is -2.12. The standard InChI is InChI=1S/C26H28N2O3/c1-20-10-3-6-15-25(20)31-19-26-27-23-13-4-5-14-24(23)28(26)16-7-8-17-30-22-12-9-11-21(18-22)29-2/h3-6,9-15,18H,7-8,16-17,19H2,1-2H3. The fourth-order valence-electron chi connectivity index (χ4n) is 3.60. The van der Waals surface area contributed by atoms with Crippen molar-refractivity contribution < 1.29 is 14.2 Å². The van der Waals surface area contributed by atoms with Crippen molar-refractivity contribution in [1.29, 1.82) is 0 Å². The molecule has 160 valence electrons. The minimum absolute atomic E-state index is 0.444. The summed E-state index contributed by atoms with van der Waals surface area (Å²) in [7, 11) is 1.66. The fraction of sp³-hybridized carbons (Fsp3) is 0.269. The van der Waals surface area contributed by atoms with Crippen LogP contribution in [0.2, 0.25) is 0 Å². The van der Waals surface area contributed by atoms with E-state index in [0.29, 0.717) is 13.2 Å². The molecule has 3 aromatic carbocycles. The minimum atomic E-state index is 0.444. The summed E-state index contributed by atoms with van der Waals surface area (Å²) in [5.41, 5.74) is 3.26. The van der Waals surface area contributed by atoms with Crippen LogP contribution in [0, 0.1) is 6.92 Å². The van der Waals surface area contributed by atoms with Crippen LogP contribution < -0.4 is 14.2 Å². The number of aromatic nitrogens is 2. The lowest BCUT2D eigenvalue weighted by Crippen LogP contribution is -2.09. The smallest absolute Gasteiger partial charge is 0.147 e. The molecular formula is C26H28N2O3. The molecule has 4 aromatic rings. The van der Waals surface area contributed by atoms with E-state index in [1.54, 1.807) is 7.11 Å². The van der Waals surface area contributed by atoms with Gasteiger partial charge in [0.25, 0.3) is 0 Å². The van der Waals surface area contributed by atoms with Crippen molar-refractivity contribution >= 4 is 11.0 Å². The second-order valence-electron chi connectivity index (χ2n) is 7.46. The van der Waals surface area contributed by atoms with Crippen molar-refractivity contribution in [2.45, 2.75) is 32.9 Å². The Morgan fingerprint density at radius 3 is 2.52 bits per heavy atom. The molecule has 0 aliphatic rings. The van der Waals surface area contributed by atoms with Crippen LogP contribution in [-0.4, -0.2) is 23.3 Å². The van der Waals surface area contributed by atoms with E-state index in [2.05, 4.69) is 35.8 Å². The van der Waals surface area contributed by atoms with Crippen molar-refractivity contribution in [2.24, 2.45) is 0 Å². The van der Waals surface area contributed by atoms with Crippen molar-refractivity contribution in [1.82, 2.24) is 9.55 Å². The molecule has 0 atom stereocenters. The maximum absolute atomic E-state index is 6.08. The number of ether oxygens (including phenoxy) is 3. The number of nitrogens with zero attached hydrogens (tertiary/aromatic N) is 2. The van der Waals surface area contributed by atoms with Gasteiger partial charge < -0.3 is 18.8 Å². The Kier molecular flexibility index (Phi) is 6.72. The average molecular weight is 417 g/mol. The SMILES string of the molecule is COc1cccc(OCCCCn2c(COc3ccccc3C)nc3ccccc32)c1. The first-order valence-corrected chi connectivity index (χ1v) is 10.6. The van der Waals surface area contributed by atoms with Crippen molar-refractivity contribution in [2.75, 3.05) is 13.7 Å². The molecule has 0 saturated carbocycles. The molecule has 0 radical (unpaired) electrons. The zero-order valence-corrected chi connectivity index (χ0v) is 18.1.